The Bertz CT molecular complexity index is 532. The average Bonchev–Trinajstić information content (AvgIpc) is 2.57. The van der Waals surface area contributed by atoms with Gasteiger partial charge in [-0.25, -0.2) is 4.39 Å². The Kier molecular flexibility index (Phi) is 4.86. The van der Waals surface area contributed by atoms with Crippen molar-refractivity contribution >= 4 is 75.1 Å². The molecule has 1 aromatic heterocycles. The quantitative estimate of drug-likeness (QED) is 0.399. The van der Waals surface area contributed by atoms with Crippen molar-refractivity contribution in [3.8, 4) is 0 Å². The van der Waals surface area contributed by atoms with Crippen molar-refractivity contribution in [2.24, 2.45) is 0 Å². The maximum absolute atomic E-state index is 13.8. The van der Waals surface area contributed by atoms with Crippen LogP contribution in [0.4, 0.5) is 4.39 Å². The predicted molar refractivity (Wildman–Crippen MR) is 84.6 cm³/mol. The third-order valence-corrected chi connectivity index (χ3v) is 6.24. The lowest BCUT2D eigenvalue weighted by atomic mass is 10.1. The van der Waals surface area contributed by atoms with E-state index >= 15 is 0 Å². The van der Waals surface area contributed by atoms with Crippen LogP contribution in [0.15, 0.2) is 36.3 Å². The minimum Gasteiger partial charge on any atom is -0.207 e. The maximum atomic E-state index is 13.8. The summed E-state index contributed by atoms with van der Waals surface area (Å²) < 4.78 is 16.6. The van der Waals surface area contributed by atoms with Gasteiger partial charge in [-0.3, -0.25) is 0 Å². The molecule has 0 aliphatic carbocycles. The lowest BCUT2D eigenvalue weighted by molar-refractivity contribution is 0.612. The number of alkyl halides is 1. The SMILES string of the molecule is Fc1cccc(Br)c1C(Br)c1cc(Br)sc1Br. The normalized spacial score (nSPS) is 12.8. The average molecular weight is 508 g/mol. The summed E-state index contributed by atoms with van der Waals surface area (Å²) in [6, 6.07) is 6.96. The molecule has 2 aromatic rings. The topological polar surface area (TPSA) is 0 Å². The van der Waals surface area contributed by atoms with Crippen LogP contribution in [-0.2, 0) is 0 Å². The molecule has 90 valence electrons. The standard InChI is InChI=1S/C11H5Br4FS/c12-6-2-1-3-7(16)9(6)10(14)5-4-8(13)17-11(5)15/h1-4,10H. The van der Waals surface area contributed by atoms with E-state index in [4.69, 9.17) is 0 Å². The molecule has 0 aliphatic rings. The van der Waals surface area contributed by atoms with Gasteiger partial charge in [0.2, 0.25) is 0 Å². The molecule has 0 bridgehead atoms. The van der Waals surface area contributed by atoms with Crippen LogP contribution >= 0.6 is 75.1 Å². The second kappa shape index (κ2) is 5.82. The van der Waals surface area contributed by atoms with E-state index in [2.05, 4.69) is 63.7 Å². The Morgan fingerprint density at radius 3 is 2.41 bits per heavy atom. The summed E-state index contributed by atoms with van der Waals surface area (Å²) in [4.78, 5) is -0.185. The summed E-state index contributed by atoms with van der Waals surface area (Å²) in [7, 11) is 0. The van der Waals surface area contributed by atoms with Crippen molar-refractivity contribution in [1.82, 2.24) is 0 Å². The van der Waals surface area contributed by atoms with E-state index < -0.39 is 0 Å². The molecule has 0 radical (unpaired) electrons. The second-order valence-electron chi connectivity index (χ2n) is 3.28. The molecule has 1 unspecified atom stereocenters. The fourth-order valence-corrected chi connectivity index (χ4v) is 6.50. The molecular weight excluding hydrogens is 503 g/mol. The van der Waals surface area contributed by atoms with Gasteiger partial charge in [-0.05, 0) is 55.6 Å². The van der Waals surface area contributed by atoms with Crippen LogP contribution in [-0.4, -0.2) is 0 Å². The number of halogens is 5. The van der Waals surface area contributed by atoms with E-state index in [9.17, 15) is 4.39 Å². The van der Waals surface area contributed by atoms with E-state index in [1.54, 1.807) is 17.4 Å². The van der Waals surface area contributed by atoms with E-state index in [0.717, 1.165) is 17.6 Å². The molecule has 2 rings (SSSR count). The molecule has 6 heteroatoms. The Balaban J connectivity index is 2.51. The lowest BCUT2D eigenvalue weighted by Gasteiger charge is -2.12. The van der Waals surface area contributed by atoms with Crippen LogP contribution in [0, 0.1) is 5.82 Å². The van der Waals surface area contributed by atoms with Crippen LogP contribution in [0.25, 0.3) is 0 Å². The van der Waals surface area contributed by atoms with Crippen molar-refractivity contribution in [2.45, 2.75) is 4.83 Å². The number of hydrogen-bond donors (Lipinski definition) is 0. The lowest BCUT2D eigenvalue weighted by Crippen LogP contribution is -1.97. The Morgan fingerprint density at radius 1 is 1.18 bits per heavy atom. The number of rotatable bonds is 2. The summed E-state index contributed by atoms with van der Waals surface area (Å²) in [5, 5.41) is 0. The Morgan fingerprint density at radius 2 is 1.88 bits per heavy atom. The fraction of sp³-hybridized carbons (Fsp3) is 0.0909. The molecule has 0 spiro atoms. The molecule has 0 saturated carbocycles. The second-order valence-corrected chi connectivity index (χ2v) is 8.80. The van der Waals surface area contributed by atoms with Gasteiger partial charge in [0.25, 0.3) is 0 Å². The van der Waals surface area contributed by atoms with Crippen molar-refractivity contribution in [2.75, 3.05) is 0 Å². The van der Waals surface area contributed by atoms with E-state index in [1.807, 2.05) is 12.1 Å². The first-order chi connectivity index (χ1) is 8.00. The van der Waals surface area contributed by atoms with Crippen molar-refractivity contribution in [3.63, 3.8) is 0 Å². The fourth-order valence-electron chi connectivity index (χ4n) is 1.43. The molecule has 0 nitrogen and oxygen atoms in total. The molecule has 1 heterocycles. The Hall–Kier alpha value is 0.770. The van der Waals surface area contributed by atoms with Gasteiger partial charge in [0.05, 0.1) is 12.4 Å². The van der Waals surface area contributed by atoms with Crippen LogP contribution in [0.5, 0.6) is 0 Å². The highest BCUT2D eigenvalue weighted by Gasteiger charge is 2.21. The van der Waals surface area contributed by atoms with Gasteiger partial charge in [-0.2, -0.15) is 0 Å². The minimum absolute atomic E-state index is 0.185. The molecule has 1 aromatic carbocycles. The van der Waals surface area contributed by atoms with Gasteiger partial charge in [0.1, 0.15) is 5.82 Å². The minimum atomic E-state index is -0.226. The summed E-state index contributed by atoms with van der Waals surface area (Å²) in [6.45, 7) is 0. The van der Waals surface area contributed by atoms with Crippen molar-refractivity contribution < 1.29 is 4.39 Å². The Labute approximate surface area is 136 Å². The highest BCUT2D eigenvalue weighted by molar-refractivity contribution is 9.12. The third-order valence-electron chi connectivity index (χ3n) is 2.21. The van der Waals surface area contributed by atoms with Gasteiger partial charge in [-0.15, -0.1) is 11.3 Å². The molecule has 0 saturated heterocycles. The van der Waals surface area contributed by atoms with Crippen LogP contribution in [0.2, 0.25) is 0 Å². The van der Waals surface area contributed by atoms with Gasteiger partial charge < -0.3 is 0 Å². The zero-order valence-electron chi connectivity index (χ0n) is 8.18. The van der Waals surface area contributed by atoms with Crippen LogP contribution in [0.1, 0.15) is 16.0 Å². The highest BCUT2D eigenvalue weighted by atomic mass is 79.9. The zero-order valence-corrected chi connectivity index (χ0v) is 15.3. The molecular formula is C11H5Br4FS. The van der Waals surface area contributed by atoms with Crippen LogP contribution in [0.3, 0.4) is 0 Å². The van der Waals surface area contributed by atoms with E-state index in [0.29, 0.717) is 5.56 Å². The first-order valence-electron chi connectivity index (χ1n) is 4.53. The number of benzene rings is 1. The molecule has 1 atom stereocenters. The van der Waals surface area contributed by atoms with E-state index in [-0.39, 0.29) is 10.6 Å². The molecule has 17 heavy (non-hydrogen) atoms. The first-order valence-corrected chi connectivity index (χ1v) is 8.64. The van der Waals surface area contributed by atoms with Crippen LogP contribution < -0.4 is 0 Å². The number of hydrogen-bond acceptors (Lipinski definition) is 1. The van der Waals surface area contributed by atoms with Gasteiger partial charge >= 0.3 is 0 Å². The summed E-state index contributed by atoms with van der Waals surface area (Å²) in [5.74, 6) is -0.226. The molecule has 0 amide bonds. The molecule has 0 N–H and O–H groups in total. The maximum Gasteiger partial charge on any atom is 0.129 e. The smallest absolute Gasteiger partial charge is 0.129 e. The summed E-state index contributed by atoms with van der Waals surface area (Å²) in [5.41, 5.74) is 1.62. The number of thiophene rings is 1. The zero-order chi connectivity index (χ0) is 12.6. The summed E-state index contributed by atoms with van der Waals surface area (Å²) >= 11 is 15.4. The third kappa shape index (κ3) is 3.03. The van der Waals surface area contributed by atoms with Gasteiger partial charge in [-0.1, -0.05) is 37.9 Å². The van der Waals surface area contributed by atoms with Crippen molar-refractivity contribution in [3.05, 3.63) is 53.3 Å². The first kappa shape index (κ1) is 14.2. The predicted octanol–water partition coefficient (Wildman–Crippen LogP) is 6.66. The monoisotopic (exact) mass is 504 g/mol. The highest BCUT2D eigenvalue weighted by Crippen LogP contribution is 2.44. The summed E-state index contributed by atoms with van der Waals surface area (Å²) in [6.07, 6.45) is 0. The van der Waals surface area contributed by atoms with Crippen molar-refractivity contribution in [1.29, 1.82) is 0 Å². The van der Waals surface area contributed by atoms with Gasteiger partial charge in [0.15, 0.2) is 0 Å². The molecule has 0 fully saturated rings. The largest absolute Gasteiger partial charge is 0.207 e. The van der Waals surface area contributed by atoms with Gasteiger partial charge in [0, 0.05) is 10.0 Å². The molecule has 0 aliphatic heterocycles. The van der Waals surface area contributed by atoms with E-state index in [1.165, 1.54) is 6.07 Å².